The molecule has 0 atom stereocenters. The van der Waals surface area contributed by atoms with Crippen molar-refractivity contribution < 1.29 is 5.11 Å². The highest BCUT2D eigenvalue weighted by atomic mass is 16.3. The maximum atomic E-state index is 8.84. The van der Waals surface area contributed by atoms with Gasteiger partial charge in [0.1, 0.15) is 0 Å². The lowest BCUT2D eigenvalue weighted by Gasteiger charge is -2.02. The summed E-state index contributed by atoms with van der Waals surface area (Å²) in [6.45, 7) is 3.98. The summed E-state index contributed by atoms with van der Waals surface area (Å²) in [5.41, 5.74) is 2.91. The van der Waals surface area contributed by atoms with Crippen LogP contribution in [-0.2, 0) is 6.61 Å². The zero-order valence-corrected chi connectivity index (χ0v) is 8.57. The van der Waals surface area contributed by atoms with E-state index < -0.39 is 0 Å². The number of aromatic nitrogens is 1. The fraction of sp³-hybridized carbons (Fsp3) is 0.250. The van der Waals surface area contributed by atoms with Gasteiger partial charge in [-0.15, -0.1) is 0 Å². The highest BCUT2D eigenvalue weighted by Crippen LogP contribution is 2.14. The fourth-order valence-electron chi connectivity index (χ4n) is 1.23. The predicted octanol–water partition coefficient (Wildman–Crippen LogP) is 2.55. The van der Waals surface area contributed by atoms with Crippen molar-refractivity contribution in [3.8, 4) is 0 Å². The van der Waals surface area contributed by atoms with Crippen LogP contribution in [0.5, 0.6) is 0 Å². The van der Waals surface area contributed by atoms with Crippen LogP contribution in [0, 0.1) is 0 Å². The molecule has 14 heavy (non-hydrogen) atoms. The molecule has 2 nitrogen and oxygen atoms in total. The summed E-state index contributed by atoms with van der Waals surface area (Å²) in [5.74, 6) is 0. The fourth-order valence-corrected chi connectivity index (χ4v) is 1.23. The third-order valence-electron chi connectivity index (χ3n) is 1.98. The van der Waals surface area contributed by atoms with Crippen molar-refractivity contribution in [3.05, 3.63) is 47.8 Å². The minimum Gasteiger partial charge on any atom is -0.390 e. The Bertz CT molecular complexity index is 336. The van der Waals surface area contributed by atoms with Gasteiger partial charge in [0.05, 0.1) is 12.3 Å². The molecule has 0 amide bonds. The monoisotopic (exact) mass is 189 g/mol. The SMILES string of the molecule is C/C=C\C(=C/C)c1ccc(CO)nc1. The van der Waals surface area contributed by atoms with Crippen LogP contribution in [0.1, 0.15) is 25.1 Å². The molecule has 1 aromatic heterocycles. The van der Waals surface area contributed by atoms with Gasteiger partial charge in [-0.25, -0.2) is 0 Å². The number of nitrogens with zero attached hydrogens (tertiary/aromatic N) is 1. The van der Waals surface area contributed by atoms with Gasteiger partial charge in [0, 0.05) is 6.20 Å². The molecule has 1 aromatic rings. The summed E-state index contributed by atoms with van der Waals surface area (Å²) in [4.78, 5) is 4.12. The van der Waals surface area contributed by atoms with Gasteiger partial charge in [-0.3, -0.25) is 4.98 Å². The number of aliphatic hydroxyl groups excluding tert-OH is 1. The minimum atomic E-state index is -0.00489. The van der Waals surface area contributed by atoms with Crippen LogP contribution < -0.4 is 0 Å². The van der Waals surface area contributed by atoms with E-state index in [2.05, 4.69) is 4.98 Å². The van der Waals surface area contributed by atoms with Crippen LogP contribution in [0.2, 0.25) is 0 Å². The Hall–Kier alpha value is -1.41. The van der Waals surface area contributed by atoms with Gasteiger partial charge in [-0.1, -0.05) is 24.3 Å². The number of allylic oxidation sites excluding steroid dienone is 4. The molecule has 74 valence electrons. The molecule has 0 aliphatic heterocycles. The van der Waals surface area contributed by atoms with Crippen LogP contribution >= 0.6 is 0 Å². The molecule has 0 aliphatic carbocycles. The molecule has 0 saturated carbocycles. The Kier molecular flexibility index (Phi) is 4.08. The van der Waals surface area contributed by atoms with Gasteiger partial charge in [0.15, 0.2) is 0 Å². The van der Waals surface area contributed by atoms with E-state index in [0.29, 0.717) is 5.69 Å². The summed E-state index contributed by atoms with van der Waals surface area (Å²) in [6.07, 6.45) is 7.85. The number of rotatable bonds is 3. The van der Waals surface area contributed by atoms with Gasteiger partial charge >= 0.3 is 0 Å². The highest BCUT2D eigenvalue weighted by Gasteiger charge is 1.97. The summed E-state index contributed by atoms with van der Waals surface area (Å²) in [7, 11) is 0. The van der Waals surface area contributed by atoms with Crippen molar-refractivity contribution >= 4 is 5.57 Å². The molecule has 2 heteroatoms. The van der Waals surface area contributed by atoms with Gasteiger partial charge in [0.2, 0.25) is 0 Å². The van der Waals surface area contributed by atoms with Crippen molar-refractivity contribution in [1.29, 1.82) is 0 Å². The van der Waals surface area contributed by atoms with Gasteiger partial charge in [0.25, 0.3) is 0 Å². The normalized spacial score (nSPS) is 12.4. The Morgan fingerprint density at radius 2 is 2.21 bits per heavy atom. The molecule has 0 aliphatic rings. The number of hydrogen-bond acceptors (Lipinski definition) is 2. The first-order chi connectivity index (χ1) is 6.81. The molecule has 0 unspecified atom stereocenters. The second-order valence-electron chi connectivity index (χ2n) is 2.94. The lowest BCUT2D eigenvalue weighted by Crippen LogP contribution is -1.90. The molecule has 0 saturated heterocycles. The lowest BCUT2D eigenvalue weighted by atomic mass is 10.1. The molecule has 1 heterocycles. The Morgan fingerprint density at radius 3 is 2.64 bits per heavy atom. The second kappa shape index (κ2) is 5.35. The van der Waals surface area contributed by atoms with Crippen LogP contribution in [0.15, 0.2) is 36.6 Å². The predicted molar refractivity (Wildman–Crippen MR) is 58.6 cm³/mol. The van der Waals surface area contributed by atoms with Crippen molar-refractivity contribution in [3.63, 3.8) is 0 Å². The first-order valence-electron chi connectivity index (χ1n) is 4.67. The van der Waals surface area contributed by atoms with E-state index in [1.54, 1.807) is 6.20 Å². The molecular weight excluding hydrogens is 174 g/mol. The van der Waals surface area contributed by atoms with E-state index in [9.17, 15) is 0 Å². The summed E-state index contributed by atoms with van der Waals surface area (Å²) in [6, 6.07) is 3.80. The maximum absolute atomic E-state index is 8.84. The largest absolute Gasteiger partial charge is 0.390 e. The van der Waals surface area contributed by atoms with Crippen molar-refractivity contribution in [1.82, 2.24) is 4.98 Å². The second-order valence-corrected chi connectivity index (χ2v) is 2.94. The van der Waals surface area contributed by atoms with Crippen LogP contribution in [-0.4, -0.2) is 10.1 Å². The Morgan fingerprint density at radius 1 is 1.43 bits per heavy atom. The van der Waals surface area contributed by atoms with Crippen LogP contribution in [0.4, 0.5) is 0 Å². The van der Waals surface area contributed by atoms with E-state index in [4.69, 9.17) is 5.11 Å². The Balaban J connectivity index is 2.96. The van der Waals surface area contributed by atoms with E-state index in [-0.39, 0.29) is 6.61 Å². The van der Waals surface area contributed by atoms with E-state index in [1.165, 1.54) is 0 Å². The quantitative estimate of drug-likeness (QED) is 0.741. The van der Waals surface area contributed by atoms with E-state index >= 15 is 0 Å². The average Bonchev–Trinajstić information content (AvgIpc) is 2.26. The third kappa shape index (κ3) is 2.54. The lowest BCUT2D eigenvalue weighted by molar-refractivity contribution is 0.277. The van der Waals surface area contributed by atoms with Crippen LogP contribution in [0.3, 0.4) is 0 Å². The summed E-state index contributed by atoms with van der Waals surface area (Å²) < 4.78 is 0. The van der Waals surface area contributed by atoms with Gasteiger partial charge in [-0.05, 0) is 31.1 Å². The number of hydrogen-bond donors (Lipinski definition) is 1. The van der Waals surface area contributed by atoms with Crippen molar-refractivity contribution in [2.75, 3.05) is 0 Å². The molecule has 1 N–H and O–H groups in total. The topological polar surface area (TPSA) is 33.1 Å². The highest BCUT2D eigenvalue weighted by molar-refractivity contribution is 5.73. The maximum Gasteiger partial charge on any atom is 0.0852 e. The van der Waals surface area contributed by atoms with E-state index in [1.807, 2.05) is 44.2 Å². The molecule has 0 radical (unpaired) electrons. The molecular formula is C12H15NO. The Labute approximate surface area is 84.6 Å². The molecule has 0 fully saturated rings. The minimum absolute atomic E-state index is 0.00489. The first-order valence-corrected chi connectivity index (χ1v) is 4.67. The average molecular weight is 189 g/mol. The van der Waals surface area contributed by atoms with Gasteiger partial charge in [-0.2, -0.15) is 0 Å². The smallest absolute Gasteiger partial charge is 0.0852 e. The zero-order chi connectivity index (χ0) is 10.4. The standard InChI is InChI=1S/C12H15NO/c1-3-5-10(4-2)11-6-7-12(9-14)13-8-11/h3-8,14H,9H2,1-2H3/b5-3-,10-4+. The third-order valence-corrected chi connectivity index (χ3v) is 1.98. The summed E-state index contributed by atoms with van der Waals surface area (Å²) in [5, 5.41) is 8.84. The molecule has 0 bridgehead atoms. The molecule has 0 aromatic carbocycles. The van der Waals surface area contributed by atoms with Crippen molar-refractivity contribution in [2.45, 2.75) is 20.5 Å². The van der Waals surface area contributed by atoms with Crippen molar-refractivity contribution in [2.24, 2.45) is 0 Å². The molecule has 0 spiro atoms. The number of pyridine rings is 1. The first kappa shape index (κ1) is 10.7. The zero-order valence-electron chi connectivity index (χ0n) is 8.57. The van der Waals surface area contributed by atoms with Gasteiger partial charge < -0.3 is 5.11 Å². The van der Waals surface area contributed by atoms with E-state index in [0.717, 1.165) is 11.1 Å². The van der Waals surface area contributed by atoms with Crippen LogP contribution in [0.25, 0.3) is 5.57 Å². The summed E-state index contributed by atoms with van der Waals surface area (Å²) >= 11 is 0. The number of aliphatic hydroxyl groups is 1. The molecule has 1 rings (SSSR count).